The molecule has 0 saturated heterocycles. The van der Waals surface area contributed by atoms with Gasteiger partial charge in [-0.1, -0.05) is 18.7 Å². The minimum Gasteiger partial charge on any atom is -0.497 e. The Morgan fingerprint density at radius 3 is 2.30 bits per heavy atom. The molecule has 0 spiro atoms. The molecule has 1 unspecified atom stereocenters. The summed E-state index contributed by atoms with van der Waals surface area (Å²) in [5.74, 6) is 0.233. The number of carbonyl (C=O) groups excluding carboxylic acids is 1. The molecule has 110 valence electrons. The lowest BCUT2D eigenvalue weighted by molar-refractivity contribution is -0.150. The molecule has 1 aromatic rings. The molecule has 0 aliphatic heterocycles. The van der Waals surface area contributed by atoms with E-state index in [9.17, 15) is 9.90 Å². The second kappa shape index (κ2) is 6.57. The quantitative estimate of drug-likeness (QED) is 0.664. The molecule has 0 radical (unpaired) electrons. The van der Waals surface area contributed by atoms with Crippen molar-refractivity contribution in [3.8, 4) is 5.75 Å². The van der Waals surface area contributed by atoms with E-state index in [4.69, 9.17) is 9.47 Å². The molecule has 0 fully saturated rings. The van der Waals surface area contributed by atoms with Crippen LogP contribution in [0.25, 0.3) is 0 Å². The fraction of sp³-hybridized carbons (Fsp3) is 0.438. The highest BCUT2D eigenvalue weighted by Gasteiger charge is 2.21. The van der Waals surface area contributed by atoms with Crippen molar-refractivity contribution in [2.75, 3.05) is 7.11 Å². The summed E-state index contributed by atoms with van der Waals surface area (Å²) < 4.78 is 10.3. The first-order valence-corrected chi connectivity index (χ1v) is 6.46. The first-order valence-electron chi connectivity index (χ1n) is 6.46. The Kier molecular flexibility index (Phi) is 5.34. The number of ether oxygens (including phenoxy) is 2. The molecule has 0 aliphatic carbocycles. The maximum Gasteiger partial charge on any atom is 0.334 e. The summed E-state index contributed by atoms with van der Waals surface area (Å²) >= 11 is 0. The van der Waals surface area contributed by atoms with Crippen LogP contribution in [0.15, 0.2) is 36.4 Å². The van der Waals surface area contributed by atoms with Gasteiger partial charge in [-0.05, 0) is 38.5 Å². The van der Waals surface area contributed by atoms with Crippen LogP contribution in [0.3, 0.4) is 0 Å². The summed E-state index contributed by atoms with van der Waals surface area (Å²) in [5, 5.41) is 10.1. The third-order valence-electron chi connectivity index (χ3n) is 2.63. The number of benzene rings is 1. The predicted octanol–water partition coefficient (Wildman–Crippen LogP) is 3.02. The van der Waals surface area contributed by atoms with Crippen LogP contribution in [-0.2, 0) is 9.53 Å². The lowest BCUT2D eigenvalue weighted by Crippen LogP contribution is -2.25. The molecule has 1 N–H and O–H groups in total. The fourth-order valence-corrected chi connectivity index (χ4v) is 1.61. The molecule has 1 aromatic carbocycles. The van der Waals surface area contributed by atoms with Crippen molar-refractivity contribution in [3.63, 3.8) is 0 Å². The summed E-state index contributed by atoms with van der Waals surface area (Å²) in [6, 6.07) is 7.03. The molecule has 4 heteroatoms. The van der Waals surface area contributed by atoms with E-state index in [0.717, 1.165) is 0 Å². The molecular weight excluding hydrogens is 256 g/mol. The number of aliphatic hydroxyl groups excluding tert-OH is 1. The van der Waals surface area contributed by atoms with E-state index in [1.807, 2.05) is 0 Å². The zero-order chi connectivity index (χ0) is 15.3. The van der Waals surface area contributed by atoms with Crippen LogP contribution in [0.4, 0.5) is 0 Å². The number of carbonyl (C=O) groups is 1. The van der Waals surface area contributed by atoms with Gasteiger partial charge >= 0.3 is 5.97 Å². The summed E-state index contributed by atoms with van der Waals surface area (Å²) in [4.78, 5) is 11.8. The number of aliphatic hydroxyl groups is 1. The number of methoxy groups -OCH3 is 1. The number of hydrogen-bond acceptors (Lipinski definition) is 4. The lowest BCUT2D eigenvalue weighted by atomic mass is 10.0. The molecule has 20 heavy (non-hydrogen) atoms. The number of hydrogen-bond donors (Lipinski definition) is 1. The molecule has 0 aromatic heterocycles. The summed E-state index contributed by atoms with van der Waals surface area (Å²) in [5.41, 5.74) is 0.393. The Bertz CT molecular complexity index is 468. The average molecular weight is 278 g/mol. The Labute approximate surface area is 120 Å². The van der Waals surface area contributed by atoms with E-state index in [1.54, 1.807) is 52.1 Å². The minimum absolute atomic E-state index is 0.140. The Morgan fingerprint density at radius 1 is 1.30 bits per heavy atom. The molecule has 0 bridgehead atoms. The Hall–Kier alpha value is -1.81. The molecule has 0 saturated carbocycles. The van der Waals surface area contributed by atoms with Crippen molar-refractivity contribution in [2.24, 2.45) is 0 Å². The van der Waals surface area contributed by atoms with Crippen molar-refractivity contribution in [1.82, 2.24) is 0 Å². The monoisotopic (exact) mass is 278 g/mol. The van der Waals surface area contributed by atoms with Crippen molar-refractivity contribution in [3.05, 3.63) is 42.0 Å². The van der Waals surface area contributed by atoms with Gasteiger partial charge in [-0.25, -0.2) is 4.79 Å². The zero-order valence-corrected chi connectivity index (χ0v) is 12.5. The second-order valence-electron chi connectivity index (χ2n) is 5.60. The van der Waals surface area contributed by atoms with Crippen LogP contribution in [-0.4, -0.2) is 23.8 Å². The van der Waals surface area contributed by atoms with Gasteiger partial charge in [-0.3, -0.25) is 0 Å². The van der Waals surface area contributed by atoms with Crippen LogP contribution in [0.5, 0.6) is 5.75 Å². The molecular formula is C16H22O4. The van der Waals surface area contributed by atoms with Crippen LogP contribution in [0.1, 0.15) is 38.9 Å². The molecule has 4 nitrogen and oxygen atoms in total. The first kappa shape index (κ1) is 16.2. The van der Waals surface area contributed by atoms with Gasteiger partial charge < -0.3 is 14.6 Å². The highest BCUT2D eigenvalue weighted by molar-refractivity contribution is 5.88. The molecule has 1 rings (SSSR count). The lowest BCUT2D eigenvalue weighted by Gasteiger charge is -2.21. The summed E-state index contributed by atoms with van der Waals surface area (Å²) in [7, 11) is 1.58. The molecule has 1 atom stereocenters. The van der Waals surface area contributed by atoms with Gasteiger partial charge in [-0.2, -0.15) is 0 Å². The van der Waals surface area contributed by atoms with Crippen LogP contribution in [0, 0.1) is 0 Å². The van der Waals surface area contributed by atoms with Crippen molar-refractivity contribution in [1.29, 1.82) is 0 Å². The highest BCUT2D eigenvalue weighted by Crippen LogP contribution is 2.24. The topological polar surface area (TPSA) is 55.8 Å². The minimum atomic E-state index is -0.791. The Balaban J connectivity index is 2.62. The standard InChI is InChI=1S/C16H22O4/c1-11(15(18)20-16(2,3)4)10-14(17)12-6-8-13(19-5)9-7-12/h6-9,14,17H,1,10H2,2-5H3. The predicted molar refractivity (Wildman–Crippen MR) is 77.6 cm³/mol. The third-order valence-corrected chi connectivity index (χ3v) is 2.63. The van der Waals surface area contributed by atoms with Crippen LogP contribution < -0.4 is 4.74 Å². The van der Waals surface area contributed by atoms with Crippen LogP contribution >= 0.6 is 0 Å². The summed E-state index contributed by atoms with van der Waals surface area (Å²) in [6.07, 6.45) is -0.651. The molecule has 0 heterocycles. The van der Waals surface area contributed by atoms with E-state index in [1.165, 1.54) is 0 Å². The van der Waals surface area contributed by atoms with Gasteiger partial charge in [0.15, 0.2) is 0 Å². The van der Waals surface area contributed by atoms with E-state index in [0.29, 0.717) is 11.3 Å². The van der Waals surface area contributed by atoms with Gasteiger partial charge in [0.25, 0.3) is 0 Å². The fourth-order valence-electron chi connectivity index (χ4n) is 1.61. The highest BCUT2D eigenvalue weighted by atomic mass is 16.6. The molecule has 0 aliphatic rings. The smallest absolute Gasteiger partial charge is 0.334 e. The maximum absolute atomic E-state index is 11.8. The van der Waals surface area contributed by atoms with E-state index in [2.05, 4.69) is 6.58 Å². The number of esters is 1. The van der Waals surface area contributed by atoms with Crippen LogP contribution in [0.2, 0.25) is 0 Å². The van der Waals surface area contributed by atoms with Gasteiger partial charge in [0.1, 0.15) is 11.4 Å². The normalized spacial score (nSPS) is 12.7. The van der Waals surface area contributed by atoms with E-state index >= 15 is 0 Å². The van der Waals surface area contributed by atoms with E-state index in [-0.39, 0.29) is 12.0 Å². The van der Waals surface area contributed by atoms with Crippen molar-refractivity contribution < 1.29 is 19.4 Å². The largest absolute Gasteiger partial charge is 0.497 e. The van der Waals surface area contributed by atoms with E-state index < -0.39 is 17.7 Å². The van der Waals surface area contributed by atoms with Gasteiger partial charge in [-0.15, -0.1) is 0 Å². The maximum atomic E-state index is 11.8. The van der Waals surface area contributed by atoms with Crippen molar-refractivity contribution >= 4 is 5.97 Å². The Morgan fingerprint density at radius 2 is 1.85 bits per heavy atom. The molecule has 0 amide bonds. The second-order valence-corrected chi connectivity index (χ2v) is 5.60. The SMILES string of the molecule is C=C(CC(O)c1ccc(OC)cc1)C(=O)OC(C)(C)C. The summed E-state index contributed by atoms with van der Waals surface area (Å²) in [6.45, 7) is 9.05. The third kappa shape index (κ3) is 5.05. The first-order chi connectivity index (χ1) is 9.23. The number of rotatable bonds is 5. The average Bonchev–Trinajstić information content (AvgIpc) is 2.36. The van der Waals surface area contributed by atoms with Gasteiger partial charge in [0.2, 0.25) is 0 Å². The van der Waals surface area contributed by atoms with Gasteiger partial charge in [0.05, 0.1) is 13.2 Å². The van der Waals surface area contributed by atoms with Gasteiger partial charge in [0, 0.05) is 12.0 Å². The zero-order valence-electron chi connectivity index (χ0n) is 12.5. The van der Waals surface area contributed by atoms with Crippen molar-refractivity contribution in [2.45, 2.75) is 38.9 Å².